The van der Waals surface area contributed by atoms with Crippen molar-refractivity contribution in [1.82, 2.24) is 20.1 Å². The van der Waals surface area contributed by atoms with Gasteiger partial charge in [-0.2, -0.15) is 0 Å². The molecule has 1 saturated carbocycles. The van der Waals surface area contributed by atoms with E-state index in [1.54, 1.807) is 0 Å². The fourth-order valence-corrected chi connectivity index (χ4v) is 5.06. The van der Waals surface area contributed by atoms with E-state index in [9.17, 15) is 0 Å². The molecule has 2 aliphatic rings. The van der Waals surface area contributed by atoms with Crippen LogP contribution in [-0.2, 0) is 18.5 Å². The number of rotatable bonds is 3. The van der Waals surface area contributed by atoms with Gasteiger partial charge >= 0.3 is 0 Å². The lowest BCUT2D eigenvalue weighted by Gasteiger charge is -2.29. The number of benzene rings is 2. The second-order valence-corrected chi connectivity index (χ2v) is 10.5. The van der Waals surface area contributed by atoms with Crippen LogP contribution in [0.5, 0.6) is 5.75 Å². The molecule has 2 aromatic carbocycles. The van der Waals surface area contributed by atoms with E-state index in [-0.39, 0.29) is 23.9 Å². The summed E-state index contributed by atoms with van der Waals surface area (Å²) >= 11 is 6.25. The first-order chi connectivity index (χ1) is 15.4. The highest BCUT2D eigenvalue weighted by molar-refractivity contribution is 6.30. The number of nitrogens with zero attached hydrogens (tertiary/aromatic N) is 3. The summed E-state index contributed by atoms with van der Waals surface area (Å²) in [6, 6.07) is 14.6. The minimum atomic E-state index is 0. The van der Waals surface area contributed by atoms with Gasteiger partial charge in [0.25, 0.3) is 0 Å². The summed E-state index contributed by atoms with van der Waals surface area (Å²) in [5.41, 5.74) is 3.76. The van der Waals surface area contributed by atoms with E-state index >= 15 is 0 Å². The Morgan fingerprint density at radius 1 is 1.00 bits per heavy atom. The molecule has 3 aromatic rings. The molecule has 0 bridgehead atoms. The summed E-state index contributed by atoms with van der Waals surface area (Å²) in [5.74, 6) is 3.41. The first-order valence-corrected chi connectivity index (χ1v) is 12.0. The lowest BCUT2D eigenvalue weighted by atomic mass is 9.86. The molecule has 33 heavy (non-hydrogen) atoms. The number of fused-ring (bicyclic) bond motifs is 3. The topological polar surface area (TPSA) is 52.0 Å². The molecule has 0 saturated heterocycles. The highest BCUT2D eigenvalue weighted by atomic mass is 35.5. The van der Waals surface area contributed by atoms with Crippen molar-refractivity contribution in [2.24, 2.45) is 0 Å². The second-order valence-electron chi connectivity index (χ2n) is 10.1. The number of ether oxygens (including phenoxy) is 1. The fraction of sp³-hybridized carbons (Fsp3) is 0.462. The maximum absolute atomic E-state index is 6.39. The van der Waals surface area contributed by atoms with Crippen LogP contribution in [-0.4, -0.2) is 20.9 Å². The molecule has 0 amide bonds. The van der Waals surface area contributed by atoms with Crippen LogP contribution in [0.15, 0.2) is 42.5 Å². The van der Waals surface area contributed by atoms with Crippen LogP contribution >= 0.6 is 24.0 Å². The zero-order chi connectivity index (χ0) is 22.3. The van der Waals surface area contributed by atoms with Crippen LogP contribution in [0.1, 0.15) is 75.1 Å². The van der Waals surface area contributed by atoms with Crippen molar-refractivity contribution in [2.45, 2.75) is 77.0 Å². The van der Waals surface area contributed by atoms with Gasteiger partial charge in [-0.25, -0.2) is 0 Å². The molecular formula is C26H32Cl2N4O. The van der Waals surface area contributed by atoms with Crippen molar-refractivity contribution >= 4 is 24.0 Å². The van der Waals surface area contributed by atoms with Gasteiger partial charge in [0, 0.05) is 17.5 Å². The Balaban J connectivity index is 0.00000259. The lowest BCUT2D eigenvalue weighted by Crippen LogP contribution is -2.25. The van der Waals surface area contributed by atoms with Gasteiger partial charge in [-0.15, -0.1) is 22.6 Å². The smallest absolute Gasteiger partial charge is 0.151 e. The Hall–Kier alpha value is -2.08. The normalized spacial score (nSPS) is 20.2. The zero-order valence-corrected chi connectivity index (χ0v) is 21.0. The highest BCUT2D eigenvalue weighted by Crippen LogP contribution is 2.37. The largest absolute Gasteiger partial charge is 0.490 e. The molecule has 1 aromatic heterocycles. The van der Waals surface area contributed by atoms with Crippen molar-refractivity contribution in [2.75, 3.05) is 0 Å². The van der Waals surface area contributed by atoms with Gasteiger partial charge < -0.3 is 10.1 Å². The van der Waals surface area contributed by atoms with Gasteiger partial charge in [0.2, 0.25) is 0 Å². The molecule has 176 valence electrons. The summed E-state index contributed by atoms with van der Waals surface area (Å²) in [6.45, 7) is 8.20. The molecule has 7 heteroatoms. The SMILES string of the molecule is CC(C)(C)c1cccc(OC2CCC(c3nnc4n3-c3ccc(Cl)cc3CNC4)CC2)c1.Cl. The van der Waals surface area contributed by atoms with Crippen LogP contribution < -0.4 is 10.1 Å². The van der Waals surface area contributed by atoms with Crippen LogP contribution in [0.3, 0.4) is 0 Å². The van der Waals surface area contributed by atoms with Crippen LogP contribution in [0, 0.1) is 0 Å². The molecule has 0 atom stereocenters. The monoisotopic (exact) mass is 486 g/mol. The number of hydrogen-bond donors (Lipinski definition) is 1. The zero-order valence-electron chi connectivity index (χ0n) is 19.5. The maximum Gasteiger partial charge on any atom is 0.151 e. The molecule has 1 aliphatic heterocycles. The summed E-state index contributed by atoms with van der Waals surface area (Å²) in [5, 5.41) is 13.4. The summed E-state index contributed by atoms with van der Waals surface area (Å²) in [4.78, 5) is 0. The van der Waals surface area contributed by atoms with E-state index in [1.165, 1.54) is 11.1 Å². The van der Waals surface area contributed by atoms with E-state index < -0.39 is 0 Å². The number of nitrogens with one attached hydrogen (secondary N) is 1. The third kappa shape index (κ3) is 5.06. The second kappa shape index (κ2) is 9.65. The minimum Gasteiger partial charge on any atom is -0.490 e. The summed E-state index contributed by atoms with van der Waals surface area (Å²) in [6.07, 6.45) is 4.41. The van der Waals surface area contributed by atoms with Crippen molar-refractivity contribution in [3.05, 3.63) is 70.3 Å². The van der Waals surface area contributed by atoms with Gasteiger partial charge in [0.15, 0.2) is 5.82 Å². The summed E-state index contributed by atoms with van der Waals surface area (Å²) in [7, 11) is 0. The van der Waals surface area contributed by atoms with E-state index in [2.05, 4.69) is 71.2 Å². The number of aromatic nitrogens is 3. The standard InChI is InChI=1S/C26H31ClN4O.ClH/c1-26(2,3)19-5-4-6-22(14-19)32-21-10-7-17(8-11-21)25-30-29-24-16-28-15-18-13-20(27)9-12-23(18)31(24)25;/h4-6,9,12-14,17,21,28H,7-8,10-11,15-16H2,1-3H3;1H. The van der Waals surface area contributed by atoms with Crippen molar-refractivity contribution in [3.8, 4) is 11.4 Å². The van der Waals surface area contributed by atoms with E-state index in [4.69, 9.17) is 16.3 Å². The Bertz CT molecular complexity index is 1110. The minimum absolute atomic E-state index is 0. The third-order valence-corrected chi connectivity index (χ3v) is 6.91. The van der Waals surface area contributed by atoms with Gasteiger partial charge in [-0.05, 0) is 72.6 Å². The number of halogens is 2. The highest BCUT2D eigenvalue weighted by Gasteiger charge is 2.30. The molecular weight excluding hydrogens is 455 g/mol. The Kier molecular flexibility index (Phi) is 7.04. The predicted molar refractivity (Wildman–Crippen MR) is 135 cm³/mol. The van der Waals surface area contributed by atoms with Gasteiger partial charge in [-0.3, -0.25) is 4.57 Å². The van der Waals surface area contributed by atoms with Gasteiger partial charge in [0.05, 0.1) is 18.3 Å². The lowest BCUT2D eigenvalue weighted by molar-refractivity contribution is 0.144. The Morgan fingerprint density at radius 3 is 2.55 bits per heavy atom. The van der Waals surface area contributed by atoms with Crippen LogP contribution in [0.4, 0.5) is 0 Å². The molecule has 5 rings (SSSR count). The van der Waals surface area contributed by atoms with Crippen LogP contribution in [0.25, 0.3) is 5.69 Å². The number of hydrogen-bond acceptors (Lipinski definition) is 4. The third-order valence-electron chi connectivity index (χ3n) is 6.68. The van der Waals surface area contributed by atoms with Gasteiger partial charge in [-0.1, -0.05) is 44.5 Å². The molecule has 2 heterocycles. The Labute approximate surface area is 207 Å². The molecule has 0 unspecified atom stereocenters. The molecule has 0 radical (unpaired) electrons. The van der Waals surface area contributed by atoms with Gasteiger partial charge in [0.1, 0.15) is 11.6 Å². The van der Waals surface area contributed by atoms with Crippen LogP contribution in [0.2, 0.25) is 5.02 Å². The van der Waals surface area contributed by atoms with Crippen molar-refractivity contribution < 1.29 is 4.74 Å². The Morgan fingerprint density at radius 2 is 1.79 bits per heavy atom. The van der Waals surface area contributed by atoms with E-state index in [0.717, 1.165) is 60.3 Å². The van der Waals surface area contributed by atoms with E-state index in [1.807, 2.05) is 12.1 Å². The summed E-state index contributed by atoms with van der Waals surface area (Å²) < 4.78 is 8.65. The molecule has 1 N–H and O–H groups in total. The predicted octanol–water partition coefficient (Wildman–Crippen LogP) is 6.35. The van der Waals surface area contributed by atoms with Crippen molar-refractivity contribution in [1.29, 1.82) is 0 Å². The fourth-order valence-electron chi connectivity index (χ4n) is 4.86. The van der Waals surface area contributed by atoms with Crippen molar-refractivity contribution in [3.63, 3.8) is 0 Å². The average Bonchev–Trinajstić information content (AvgIpc) is 3.09. The average molecular weight is 487 g/mol. The molecule has 0 spiro atoms. The maximum atomic E-state index is 6.39. The molecule has 5 nitrogen and oxygen atoms in total. The first kappa shape index (κ1) is 24.1. The molecule has 1 aliphatic carbocycles. The van der Waals surface area contributed by atoms with E-state index in [0.29, 0.717) is 12.5 Å². The quantitative estimate of drug-likeness (QED) is 0.468. The molecule has 1 fully saturated rings. The first-order valence-electron chi connectivity index (χ1n) is 11.6.